The van der Waals surface area contributed by atoms with E-state index in [0.29, 0.717) is 17.6 Å². The minimum absolute atomic E-state index is 0.402. The molecule has 0 spiro atoms. The Hall–Kier alpha value is -1.16. The van der Waals surface area contributed by atoms with Crippen LogP contribution < -0.4 is 10.2 Å². The molecule has 4 heteroatoms. The van der Waals surface area contributed by atoms with Gasteiger partial charge < -0.3 is 10.2 Å². The molecule has 0 bridgehead atoms. The summed E-state index contributed by atoms with van der Waals surface area (Å²) < 4.78 is 27.0. The van der Waals surface area contributed by atoms with E-state index in [0.717, 1.165) is 38.0 Å². The summed E-state index contributed by atoms with van der Waals surface area (Å²) in [6.45, 7) is 4.92. The molecule has 1 heterocycles. The Bertz CT molecular complexity index is 488. The number of benzene rings is 1. The van der Waals surface area contributed by atoms with Crippen LogP contribution in [-0.2, 0) is 0 Å². The third kappa shape index (κ3) is 3.54. The molecule has 1 N–H and O–H groups in total. The maximum Gasteiger partial charge on any atom is 0.149 e. The molecule has 2 nitrogen and oxygen atoms in total. The van der Waals surface area contributed by atoms with Crippen LogP contribution in [0.1, 0.15) is 32.6 Å². The van der Waals surface area contributed by atoms with E-state index < -0.39 is 11.6 Å². The van der Waals surface area contributed by atoms with Gasteiger partial charge in [0, 0.05) is 25.2 Å². The maximum absolute atomic E-state index is 14.0. The van der Waals surface area contributed by atoms with Crippen LogP contribution in [0.2, 0.25) is 0 Å². The summed E-state index contributed by atoms with van der Waals surface area (Å²) in [4.78, 5) is 2.06. The Morgan fingerprint density at radius 2 is 2.05 bits per heavy atom. The zero-order valence-corrected chi connectivity index (χ0v) is 12.6. The van der Waals surface area contributed by atoms with Gasteiger partial charge >= 0.3 is 0 Å². The van der Waals surface area contributed by atoms with E-state index in [-0.39, 0.29) is 0 Å². The molecule has 1 aliphatic heterocycles. The zero-order valence-electron chi connectivity index (χ0n) is 12.6. The van der Waals surface area contributed by atoms with Crippen molar-refractivity contribution < 1.29 is 8.78 Å². The van der Waals surface area contributed by atoms with E-state index >= 15 is 0 Å². The van der Waals surface area contributed by atoms with Crippen LogP contribution in [0.4, 0.5) is 14.5 Å². The summed E-state index contributed by atoms with van der Waals surface area (Å²) in [6, 6.07) is 4.28. The fraction of sp³-hybridized carbons (Fsp3) is 0.647. The number of nitrogens with one attached hydrogen (secondary N) is 1. The van der Waals surface area contributed by atoms with Crippen molar-refractivity contribution in [2.75, 3.05) is 24.5 Å². The first-order valence-corrected chi connectivity index (χ1v) is 8.05. The van der Waals surface area contributed by atoms with Crippen molar-refractivity contribution in [3.63, 3.8) is 0 Å². The van der Waals surface area contributed by atoms with Gasteiger partial charge in [0.2, 0.25) is 0 Å². The van der Waals surface area contributed by atoms with E-state index in [1.54, 1.807) is 6.07 Å². The molecule has 1 aliphatic carbocycles. The summed E-state index contributed by atoms with van der Waals surface area (Å²) in [5, 5.41) is 3.65. The third-order valence-electron chi connectivity index (χ3n) is 4.83. The highest BCUT2D eigenvalue weighted by atomic mass is 19.1. The molecular weight excluding hydrogens is 270 g/mol. The molecule has 2 aliphatic rings. The van der Waals surface area contributed by atoms with Gasteiger partial charge in [0.25, 0.3) is 0 Å². The van der Waals surface area contributed by atoms with Crippen LogP contribution in [-0.4, -0.2) is 25.7 Å². The van der Waals surface area contributed by atoms with E-state index in [1.807, 2.05) is 0 Å². The van der Waals surface area contributed by atoms with Crippen molar-refractivity contribution in [1.82, 2.24) is 5.32 Å². The number of anilines is 1. The van der Waals surface area contributed by atoms with Gasteiger partial charge in [0.1, 0.15) is 11.6 Å². The predicted octanol–water partition coefficient (Wildman–Crippen LogP) is 3.57. The molecule has 1 saturated carbocycles. The van der Waals surface area contributed by atoms with Gasteiger partial charge in [-0.2, -0.15) is 0 Å². The van der Waals surface area contributed by atoms with Crippen LogP contribution >= 0.6 is 0 Å². The SMILES string of the molecule is CC1CC(NCC2CCC2)CN(c2ccc(F)cc2F)C1. The molecule has 1 aromatic rings. The standard InChI is InChI=1S/C17H24F2N2/c1-12-7-15(20-9-13-3-2-4-13)11-21(10-12)17-6-5-14(18)8-16(17)19/h5-6,8,12-13,15,20H,2-4,7,9-11H2,1H3. The quantitative estimate of drug-likeness (QED) is 0.913. The second kappa shape index (κ2) is 6.30. The van der Waals surface area contributed by atoms with Gasteiger partial charge in [-0.25, -0.2) is 8.78 Å². The average molecular weight is 294 g/mol. The van der Waals surface area contributed by atoms with Crippen LogP contribution in [0.15, 0.2) is 18.2 Å². The second-order valence-corrected chi connectivity index (χ2v) is 6.74. The third-order valence-corrected chi connectivity index (χ3v) is 4.83. The number of nitrogens with zero attached hydrogens (tertiary/aromatic N) is 1. The Morgan fingerprint density at radius 1 is 1.24 bits per heavy atom. The molecule has 2 unspecified atom stereocenters. The first-order chi connectivity index (χ1) is 10.1. The van der Waals surface area contributed by atoms with Gasteiger partial charge in [-0.1, -0.05) is 13.3 Å². The molecular formula is C17H24F2N2. The van der Waals surface area contributed by atoms with Crippen LogP contribution in [0.5, 0.6) is 0 Å². The summed E-state index contributed by atoms with van der Waals surface area (Å²) in [7, 11) is 0. The van der Waals surface area contributed by atoms with Crippen molar-refractivity contribution >= 4 is 5.69 Å². The highest BCUT2D eigenvalue weighted by molar-refractivity contribution is 5.48. The van der Waals surface area contributed by atoms with Crippen LogP contribution in [0.3, 0.4) is 0 Å². The Kier molecular flexibility index (Phi) is 4.43. The molecule has 2 fully saturated rings. The molecule has 116 valence electrons. The first-order valence-electron chi connectivity index (χ1n) is 8.05. The molecule has 1 aromatic carbocycles. The monoisotopic (exact) mass is 294 g/mol. The van der Waals surface area contributed by atoms with E-state index in [4.69, 9.17) is 0 Å². The van der Waals surface area contributed by atoms with Gasteiger partial charge in [-0.3, -0.25) is 0 Å². The molecule has 21 heavy (non-hydrogen) atoms. The van der Waals surface area contributed by atoms with Crippen molar-refractivity contribution in [2.45, 2.75) is 38.6 Å². The minimum Gasteiger partial charge on any atom is -0.367 e. The van der Waals surface area contributed by atoms with Gasteiger partial charge in [0.15, 0.2) is 0 Å². The summed E-state index contributed by atoms with van der Waals surface area (Å²) in [5.74, 6) is 0.378. The van der Waals surface area contributed by atoms with Crippen molar-refractivity contribution in [2.24, 2.45) is 11.8 Å². The van der Waals surface area contributed by atoms with Gasteiger partial charge in [0.05, 0.1) is 5.69 Å². The van der Waals surface area contributed by atoms with Gasteiger partial charge in [-0.05, 0) is 49.8 Å². The lowest BCUT2D eigenvalue weighted by Gasteiger charge is -2.39. The fourth-order valence-electron chi connectivity index (χ4n) is 3.46. The summed E-state index contributed by atoms with van der Waals surface area (Å²) in [6.07, 6.45) is 5.17. The van der Waals surface area contributed by atoms with Crippen LogP contribution in [0.25, 0.3) is 0 Å². The number of hydrogen-bond donors (Lipinski definition) is 1. The second-order valence-electron chi connectivity index (χ2n) is 6.74. The van der Waals surface area contributed by atoms with E-state index in [1.165, 1.54) is 25.3 Å². The lowest BCUT2D eigenvalue weighted by Crippen LogP contribution is -2.50. The lowest BCUT2D eigenvalue weighted by atomic mass is 9.85. The van der Waals surface area contributed by atoms with Gasteiger partial charge in [-0.15, -0.1) is 0 Å². The average Bonchev–Trinajstić information content (AvgIpc) is 2.36. The number of rotatable bonds is 4. The normalized spacial score (nSPS) is 26.7. The lowest BCUT2D eigenvalue weighted by molar-refractivity contribution is 0.267. The number of halogens is 2. The number of hydrogen-bond acceptors (Lipinski definition) is 2. The first kappa shape index (κ1) is 14.8. The maximum atomic E-state index is 14.0. The molecule has 0 amide bonds. The minimum atomic E-state index is -0.513. The molecule has 0 aromatic heterocycles. The highest BCUT2D eigenvalue weighted by Crippen LogP contribution is 2.28. The zero-order chi connectivity index (χ0) is 14.8. The molecule has 2 atom stereocenters. The highest BCUT2D eigenvalue weighted by Gasteiger charge is 2.27. The van der Waals surface area contributed by atoms with E-state index in [9.17, 15) is 8.78 Å². The fourth-order valence-corrected chi connectivity index (χ4v) is 3.46. The molecule has 0 radical (unpaired) electrons. The van der Waals surface area contributed by atoms with Crippen molar-refractivity contribution in [1.29, 1.82) is 0 Å². The Labute approximate surface area is 125 Å². The largest absolute Gasteiger partial charge is 0.367 e. The topological polar surface area (TPSA) is 15.3 Å². The van der Waals surface area contributed by atoms with Crippen molar-refractivity contribution in [3.05, 3.63) is 29.8 Å². The number of piperidine rings is 1. The smallest absolute Gasteiger partial charge is 0.149 e. The predicted molar refractivity (Wildman–Crippen MR) is 81.5 cm³/mol. The molecule has 1 saturated heterocycles. The Morgan fingerprint density at radius 3 is 2.71 bits per heavy atom. The van der Waals surface area contributed by atoms with Crippen molar-refractivity contribution in [3.8, 4) is 0 Å². The molecule has 3 rings (SSSR count). The Balaban J connectivity index is 1.64. The van der Waals surface area contributed by atoms with Crippen LogP contribution in [0, 0.1) is 23.5 Å². The summed E-state index contributed by atoms with van der Waals surface area (Å²) in [5.41, 5.74) is 0.526. The summed E-state index contributed by atoms with van der Waals surface area (Å²) >= 11 is 0. The van der Waals surface area contributed by atoms with E-state index in [2.05, 4.69) is 17.1 Å².